The predicted molar refractivity (Wildman–Crippen MR) is 99.2 cm³/mol. The van der Waals surface area contributed by atoms with Crippen molar-refractivity contribution >= 4 is 18.3 Å². The van der Waals surface area contributed by atoms with E-state index in [0.29, 0.717) is 13.0 Å². The quantitative estimate of drug-likeness (QED) is 0.739. The molecule has 0 saturated carbocycles. The molecule has 0 radical (unpaired) electrons. The van der Waals surface area contributed by atoms with Crippen LogP contribution < -0.4 is 15.4 Å². The van der Waals surface area contributed by atoms with Crippen molar-refractivity contribution in [2.45, 2.75) is 18.1 Å². The number of ether oxygens (including phenoxy) is 1. The van der Waals surface area contributed by atoms with Gasteiger partial charge in [-0.3, -0.25) is 4.79 Å². The third kappa shape index (κ3) is 3.90. The van der Waals surface area contributed by atoms with Crippen LogP contribution in [0.2, 0.25) is 0 Å². The van der Waals surface area contributed by atoms with Crippen LogP contribution in [0.3, 0.4) is 0 Å². The fraction of sp³-hybridized carbons (Fsp3) is 0.316. The first-order chi connectivity index (χ1) is 12.5. The molecule has 1 aliphatic heterocycles. The van der Waals surface area contributed by atoms with E-state index in [1.165, 1.54) is 0 Å². The van der Waals surface area contributed by atoms with Gasteiger partial charge in [-0.1, -0.05) is 30.3 Å². The average Bonchev–Trinajstić information content (AvgIpc) is 2.65. The Morgan fingerprint density at radius 1 is 1.26 bits per heavy atom. The summed E-state index contributed by atoms with van der Waals surface area (Å²) in [4.78, 5) is 12.8. The number of rotatable bonds is 4. The first-order valence-corrected chi connectivity index (χ1v) is 8.28. The van der Waals surface area contributed by atoms with E-state index in [-0.39, 0.29) is 24.5 Å². The third-order valence-corrected chi connectivity index (χ3v) is 4.73. The Kier molecular flexibility index (Phi) is 6.75. The highest BCUT2D eigenvalue weighted by molar-refractivity contribution is 5.95. The van der Waals surface area contributed by atoms with Gasteiger partial charge in [0.2, 0.25) is 0 Å². The summed E-state index contributed by atoms with van der Waals surface area (Å²) in [7, 11) is 1.13. The standard InChI is InChI=1S/C19H20F2N2O3.ClH/c1-26-17-14(20)8-7-13(16(17)21)18(25)23-19(9-10-22-11-15(19)24)12-5-3-2-4-6-12;/h2-8,15,22,24H,9-11H2,1H3,(H,23,25);1H/t15-,19+;/m1./s1. The average molecular weight is 399 g/mol. The summed E-state index contributed by atoms with van der Waals surface area (Å²) in [5.74, 6) is -3.32. The number of aliphatic hydroxyl groups is 1. The second-order valence-corrected chi connectivity index (χ2v) is 6.20. The maximum absolute atomic E-state index is 14.5. The monoisotopic (exact) mass is 398 g/mol. The van der Waals surface area contributed by atoms with E-state index in [4.69, 9.17) is 4.74 Å². The summed E-state index contributed by atoms with van der Waals surface area (Å²) in [5.41, 5.74) is -0.696. The van der Waals surface area contributed by atoms with Gasteiger partial charge < -0.3 is 20.5 Å². The highest BCUT2D eigenvalue weighted by Crippen LogP contribution is 2.32. The maximum Gasteiger partial charge on any atom is 0.255 e. The number of aliphatic hydroxyl groups excluding tert-OH is 1. The van der Waals surface area contributed by atoms with Crippen LogP contribution in [0.25, 0.3) is 0 Å². The van der Waals surface area contributed by atoms with Crippen LogP contribution in [0.15, 0.2) is 42.5 Å². The highest BCUT2D eigenvalue weighted by Gasteiger charge is 2.43. The normalized spacial score (nSPS) is 21.9. The summed E-state index contributed by atoms with van der Waals surface area (Å²) in [6.07, 6.45) is -0.489. The molecule has 3 N–H and O–H groups in total. The molecule has 1 amide bonds. The van der Waals surface area contributed by atoms with Crippen LogP contribution in [0, 0.1) is 11.6 Å². The van der Waals surface area contributed by atoms with Crippen molar-refractivity contribution in [1.29, 1.82) is 0 Å². The van der Waals surface area contributed by atoms with Gasteiger partial charge >= 0.3 is 0 Å². The van der Waals surface area contributed by atoms with E-state index < -0.39 is 34.9 Å². The van der Waals surface area contributed by atoms with E-state index >= 15 is 0 Å². The molecule has 27 heavy (non-hydrogen) atoms. The molecule has 0 unspecified atom stereocenters. The van der Waals surface area contributed by atoms with Crippen molar-refractivity contribution < 1.29 is 23.4 Å². The van der Waals surface area contributed by atoms with Crippen LogP contribution in [0.4, 0.5) is 8.78 Å². The first kappa shape index (κ1) is 21.1. The van der Waals surface area contributed by atoms with Crippen LogP contribution in [-0.2, 0) is 5.54 Å². The number of piperidine rings is 1. The van der Waals surface area contributed by atoms with E-state index in [1.807, 2.05) is 6.07 Å². The fourth-order valence-electron chi connectivity index (χ4n) is 3.32. The van der Waals surface area contributed by atoms with Crippen molar-refractivity contribution in [3.63, 3.8) is 0 Å². The van der Waals surface area contributed by atoms with Gasteiger partial charge in [-0.25, -0.2) is 8.78 Å². The van der Waals surface area contributed by atoms with Gasteiger partial charge in [-0.05, 0) is 30.7 Å². The molecule has 5 nitrogen and oxygen atoms in total. The molecule has 8 heteroatoms. The Bertz CT molecular complexity index is 807. The molecule has 0 aromatic heterocycles. The zero-order chi connectivity index (χ0) is 18.7. The molecule has 0 spiro atoms. The summed E-state index contributed by atoms with van der Waals surface area (Å²) in [6, 6.07) is 11.1. The summed E-state index contributed by atoms with van der Waals surface area (Å²) >= 11 is 0. The lowest BCUT2D eigenvalue weighted by molar-refractivity contribution is 0.0288. The molecular formula is C19H21ClF2N2O3. The van der Waals surface area contributed by atoms with Gasteiger partial charge in [-0.2, -0.15) is 0 Å². The Morgan fingerprint density at radius 3 is 2.59 bits per heavy atom. The predicted octanol–water partition coefficient (Wildman–Crippen LogP) is 2.37. The van der Waals surface area contributed by atoms with Crippen molar-refractivity contribution in [3.8, 4) is 5.75 Å². The van der Waals surface area contributed by atoms with E-state index in [1.54, 1.807) is 24.3 Å². The zero-order valence-corrected chi connectivity index (χ0v) is 15.5. The minimum absolute atomic E-state index is 0. The number of methoxy groups -OCH3 is 1. The highest BCUT2D eigenvalue weighted by atomic mass is 35.5. The number of halogens is 3. The van der Waals surface area contributed by atoms with Crippen molar-refractivity contribution in [1.82, 2.24) is 10.6 Å². The largest absolute Gasteiger partial charge is 0.491 e. The molecule has 2 aromatic rings. The van der Waals surface area contributed by atoms with Crippen LogP contribution >= 0.6 is 12.4 Å². The number of hydrogen-bond acceptors (Lipinski definition) is 4. The molecule has 2 atom stereocenters. The Labute approximate surface area is 162 Å². The number of nitrogens with one attached hydrogen (secondary N) is 2. The van der Waals surface area contributed by atoms with Gasteiger partial charge in [0.25, 0.3) is 5.91 Å². The van der Waals surface area contributed by atoms with Gasteiger partial charge in [0, 0.05) is 6.54 Å². The molecule has 2 aromatic carbocycles. The zero-order valence-electron chi connectivity index (χ0n) is 14.7. The number of carbonyl (C=O) groups excluding carboxylic acids is 1. The molecular weight excluding hydrogens is 378 g/mol. The molecule has 1 aliphatic rings. The topological polar surface area (TPSA) is 70.6 Å². The van der Waals surface area contributed by atoms with E-state index in [9.17, 15) is 18.7 Å². The molecule has 0 aliphatic carbocycles. The second kappa shape index (κ2) is 8.65. The fourth-order valence-corrected chi connectivity index (χ4v) is 3.32. The SMILES string of the molecule is COc1c(F)ccc(C(=O)N[C@]2(c3ccccc3)CCNC[C@H]2O)c1F.Cl. The van der Waals surface area contributed by atoms with Crippen LogP contribution in [0.5, 0.6) is 5.75 Å². The van der Waals surface area contributed by atoms with E-state index in [0.717, 1.165) is 24.8 Å². The molecule has 1 heterocycles. The Hall–Kier alpha value is -2.22. The Morgan fingerprint density at radius 2 is 1.96 bits per heavy atom. The maximum atomic E-state index is 14.5. The second-order valence-electron chi connectivity index (χ2n) is 6.20. The van der Waals surface area contributed by atoms with Gasteiger partial charge in [-0.15, -0.1) is 12.4 Å². The molecule has 1 fully saturated rings. The minimum atomic E-state index is -1.07. The molecule has 1 saturated heterocycles. The summed E-state index contributed by atoms with van der Waals surface area (Å²) < 4.78 is 32.8. The number of carbonyl (C=O) groups is 1. The lowest BCUT2D eigenvalue weighted by atomic mass is 9.79. The van der Waals surface area contributed by atoms with Gasteiger partial charge in [0.1, 0.15) is 0 Å². The lowest BCUT2D eigenvalue weighted by Crippen LogP contribution is -2.61. The lowest BCUT2D eigenvalue weighted by Gasteiger charge is -2.43. The minimum Gasteiger partial charge on any atom is -0.491 e. The molecule has 3 rings (SSSR count). The van der Waals surface area contributed by atoms with Crippen molar-refractivity contribution in [3.05, 3.63) is 65.2 Å². The third-order valence-electron chi connectivity index (χ3n) is 4.73. The van der Waals surface area contributed by atoms with Crippen LogP contribution in [0.1, 0.15) is 22.3 Å². The number of hydrogen-bond donors (Lipinski definition) is 3. The number of β-amino-alcohol motifs (C(OH)–C–C–N with tert-alkyl or cyclic N) is 1. The Balaban J connectivity index is 0.00000261. The van der Waals surface area contributed by atoms with E-state index in [2.05, 4.69) is 10.6 Å². The van der Waals surface area contributed by atoms with Crippen molar-refractivity contribution in [2.24, 2.45) is 0 Å². The number of benzene rings is 2. The van der Waals surface area contributed by atoms with Gasteiger partial charge in [0.15, 0.2) is 17.4 Å². The smallest absolute Gasteiger partial charge is 0.255 e. The molecule has 0 bridgehead atoms. The number of amides is 1. The van der Waals surface area contributed by atoms with Crippen LogP contribution in [-0.4, -0.2) is 37.3 Å². The first-order valence-electron chi connectivity index (χ1n) is 8.28. The van der Waals surface area contributed by atoms with Crippen molar-refractivity contribution in [2.75, 3.05) is 20.2 Å². The van der Waals surface area contributed by atoms with Gasteiger partial charge in [0.05, 0.1) is 24.3 Å². The molecule has 146 valence electrons. The summed E-state index contributed by atoms with van der Waals surface area (Å²) in [5, 5.41) is 16.5. The summed E-state index contributed by atoms with van der Waals surface area (Å²) in [6.45, 7) is 0.853.